The molecule has 0 aliphatic rings. The Labute approximate surface area is 121 Å². The summed E-state index contributed by atoms with van der Waals surface area (Å²) in [6, 6.07) is 14.0. The molecule has 0 spiro atoms. The van der Waals surface area contributed by atoms with Crippen molar-refractivity contribution in [2.75, 3.05) is 0 Å². The number of hydrogen-bond acceptors (Lipinski definition) is 4. The molecule has 3 aromatic rings. The third kappa shape index (κ3) is 2.80. The summed E-state index contributed by atoms with van der Waals surface area (Å²) in [7, 11) is 0. The van der Waals surface area contributed by atoms with E-state index in [1.807, 2.05) is 19.1 Å². The van der Waals surface area contributed by atoms with Gasteiger partial charge in [-0.1, -0.05) is 12.1 Å². The molecule has 0 fully saturated rings. The lowest BCUT2D eigenvalue weighted by Crippen LogP contribution is -1.97. The van der Waals surface area contributed by atoms with E-state index < -0.39 is 0 Å². The van der Waals surface area contributed by atoms with Gasteiger partial charge in [0.1, 0.15) is 17.1 Å². The molecule has 0 saturated carbocycles. The number of rotatable bonds is 3. The topological polar surface area (TPSA) is 59.7 Å². The number of benzene rings is 2. The quantitative estimate of drug-likeness (QED) is 0.748. The summed E-state index contributed by atoms with van der Waals surface area (Å²) in [5.41, 5.74) is 1.83. The monoisotopic (exact) mass is 282 g/mol. The Kier molecular flexibility index (Phi) is 3.46. The largest absolute Gasteiger partial charge is 0.457 e. The third-order valence-corrected chi connectivity index (χ3v) is 3.26. The number of aryl methyl sites for hydroxylation is 1. The van der Waals surface area contributed by atoms with Gasteiger partial charge in [0.15, 0.2) is 0 Å². The highest BCUT2D eigenvalue weighted by Gasteiger charge is 2.05. The summed E-state index contributed by atoms with van der Waals surface area (Å²) in [4.78, 5) is 11.4. The first-order chi connectivity index (χ1) is 10.2. The lowest BCUT2D eigenvalue weighted by atomic mass is 10.1. The number of ether oxygens (including phenoxy) is 1. The van der Waals surface area contributed by atoms with E-state index in [1.54, 1.807) is 30.3 Å². The first kappa shape index (κ1) is 13.4. The SMILES string of the molecule is Cc1cc(=O)oc2cc(Oc3ccc(CO)cc3)ccc12. The fourth-order valence-electron chi connectivity index (χ4n) is 2.17. The molecule has 0 unspecified atom stereocenters. The summed E-state index contributed by atoms with van der Waals surface area (Å²) in [6.07, 6.45) is 0. The van der Waals surface area contributed by atoms with Crippen molar-refractivity contribution in [3.63, 3.8) is 0 Å². The van der Waals surface area contributed by atoms with Gasteiger partial charge in [-0.25, -0.2) is 4.79 Å². The van der Waals surface area contributed by atoms with Gasteiger partial charge >= 0.3 is 5.63 Å². The van der Waals surface area contributed by atoms with Crippen LogP contribution in [0, 0.1) is 6.92 Å². The van der Waals surface area contributed by atoms with Crippen LogP contribution in [-0.2, 0) is 6.61 Å². The Morgan fingerprint density at radius 2 is 1.76 bits per heavy atom. The first-order valence-corrected chi connectivity index (χ1v) is 6.58. The van der Waals surface area contributed by atoms with Crippen LogP contribution >= 0.6 is 0 Å². The van der Waals surface area contributed by atoms with Crippen molar-refractivity contribution in [2.45, 2.75) is 13.5 Å². The standard InChI is InChI=1S/C17H14O4/c1-11-8-17(19)21-16-9-14(6-7-15(11)16)20-13-4-2-12(10-18)3-5-13/h2-9,18H,10H2,1H3. The van der Waals surface area contributed by atoms with Crippen molar-refractivity contribution in [2.24, 2.45) is 0 Å². The van der Waals surface area contributed by atoms with Gasteiger partial charge in [-0.05, 0) is 42.3 Å². The number of hydrogen-bond donors (Lipinski definition) is 1. The zero-order valence-corrected chi connectivity index (χ0v) is 11.5. The van der Waals surface area contributed by atoms with Crippen LogP contribution in [0.5, 0.6) is 11.5 Å². The number of aliphatic hydroxyl groups excluding tert-OH is 1. The van der Waals surface area contributed by atoms with Crippen LogP contribution in [-0.4, -0.2) is 5.11 Å². The molecule has 0 bridgehead atoms. The minimum absolute atomic E-state index is 0.000683. The Morgan fingerprint density at radius 3 is 2.48 bits per heavy atom. The Bertz CT molecular complexity index is 832. The van der Waals surface area contributed by atoms with Gasteiger partial charge in [0.05, 0.1) is 6.61 Å². The van der Waals surface area contributed by atoms with E-state index in [0.29, 0.717) is 17.1 Å². The van der Waals surface area contributed by atoms with Crippen molar-refractivity contribution in [3.8, 4) is 11.5 Å². The van der Waals surface area contributed by atoms with Crippen LogP contribution in [0.2, 0.25) is 0 Å². The summed E-state index contributed by atoms with van der Waals surface area (Å²) in [5, 5.41) is 9.89. The predicted octanol–water partition coefficient (Wildman–Crippen LogP) is 3.39. The normalized spacial score (nSPS) is 10.8. The maximum Gasteiger partial charge on any atom is 0.336 e. The minimum Gasteiger partial charge on any atom is -0.457 e. The molecule has 0 aliphatic heterocycles. The lowest BCUT2D eigenvalue weighted by molar-refractivity contribution is 0.281. The molecule has 0 radical (unpaired) electrons. The van der Waals surface area contributed by atoms with Gasteiger partial charge in [-0.2, -0.15) is 0 Å². The molecule has 1 aromatic heterocycles. The van der Waals surface area contributed by atoms with Crippen LogP contribution < -0.4 is 10.4 Å². The Balaban J connectivity index is 1.95. The number of fused-ring (bicyclic) bond motifs is 1. The molecule has 0 saturated heterocycles. The molecular weight excluding hydrogens is 268 g/mol. The van der Waals surface area contributed by atoms with E-state index >= 15 is 0 Å². The molecule has 0 atom stereocenters. The average molecular weight is 282 g/mol. The average Bonchev–Trinajstić information content (AvgIpc) is 2.47. The smallest absolute Gasteiger partial charge is 0.336 e. The van der Waals surface area contributed by atoms with E-state index in [4.69, 9.17) is 14.3 Å². The van der Waals surface area contributed by atoms with E-state index in [-0.39, 0.29) is 12.2 Å². The number of aliphatic hydroxyl groups is 1. The minimum atomic E-state index is -0.371. The van der Waals surface area contributed by atoms with Gasteiger partial charge < -0.3 is 14.3 Å². The second-order valence-corrected chi connectivity index (χ2v) is 4.81. The van der Waals surface area contributed by atoms with Gasteiger partial charge in [-0.3, -0.25) is 0 Å². The molecule has 106 valence electrons. The highest BCUT2D eigenvalue weighted by Crippen LogP contribution is 2.26. The summed E-state index contributed by atoms with van der Waals surface area (Å²) in [5.74, 6) is 1.24. The van der Waals surface area contributed by atoms with Crippen molar-refractivity contribution < 1.29 is 14.3 Å². The van der Waals surface area contributed by atoms with Crippen LogP contribution in [0.15, 0.2) is 57.7 Å². The fraction of sp³-hybridized carbons (Fsp3) is 0.118. The van der Waals surface area contributed by atoms with Gasteiger partial charge in [0, 0.05) is 17.5 Å². The molecule has 1 N–H and O–H groups in total. The van der Waals surface area contributed by atoms with Crippen molar-refractivity contribution in [1.29, 1.82) is 0 Å². The highest BCUT2D eigenvalue weighted by molar-refractivity contribution is 5.81. The van der Waals surface area contributed by atoms with Crippen LogP contribution in [0.3, 0.4) is 0 Å². The molecule has 4 heteroatoms. The van der Waals surface area contributed by atoms with Crippen molar-refractivity contribution >= 4 is 11.0 Å². The summed E-state index contributed by atoms with van der Waals surface area (Å²) < 4.78 is 10.9. The molecular formula is C17H14O4. The van der Waals surface area contributed by atoms with Crippen LogP contribution in [0.1, 0.15) is 11.1 Å². The Morgan fingerprint density at radius 1 is 1.05 bits per heavy atom. The molecule has 0 aliphatic carbocycles. The molecule has 4 nitrogen and oxygen atoms in total. The van der Waals surface area contributed by atoms with E-state index in [1.165, 1.54) is 6.07 Å². The van der Waals surface area contributed by atoms with Gasteiger partial charge in [-0.15, -0.1) is 0 Å². The van der Waals surface area contributed by atoms with E-state index in [0.717, 1.165) is 16.5 Å². The molecule has 0 amide bonds. The summed E-state index contributed by atoms with van der Waals surface area (Å²) in [6.45, 7) is 1.87. The highest BCUT2D eigenvalue weighted by atomic mass is 16.5. The first-order valence-electron chi connectivity index (χ1n) is 6.58. The van der Waals surface area contributed by atoms with Crippen molar-refractivity contribution in [3.05, 3.63) is 70.1 Å². The second kappa shape index (κ2) is 5.42. The van der Waals surface area contributed by atoms with Gasteiger partial charge in [0.25, 0.3) is 0 Å². The molecule has 1 heterocycles. The van der Waals surface area contributed by atoms with E-state index in [2.05, 4.69) is 0 Å². The third-order valence-electron chi connectivity index (χ3n) is 3.26. The molecule has 2 aromatic carbocycles. The Hall–Kier alpha value is -2.59. The van der Waals surface area contributed by atoms with E-state index in [9.17, 15) is 4.79 Å². The zero-order chi connectivity index (χ0) is 14.8. The molecule has 3 rings (SSSR count). The maximum absolute atomic E-state index is 11.4. The van der Waals surface area contributed by atoms with Crippen LogP contribution in [0.4, 0.5) is 0 Å². The lowest BCUT2D eigenvalue weighted by Gasteiger charge is -2.07. The van der Waals surface area contributed by atoms with Gasteiger partial charge in [0.2, 0.25) is 0 Å². The predicted molar refractivity (Wildman–Crippen MR) is 79.7 cm³/mol. The fourth-order valence-corrected chi connectivity index (χ4v) is 2.17. The summed E-state index contributed by atoms with van der Waals surface area (Å²) >= 11 is 0. The zero-order valence-electron chi connectivity index (χ0n) is 11.5. The van der Waals surface area contributed by atoms with Crippen LogP contribution in [0.25, 0.3) is 11.0 Å². The molecule has 21 heavy (non-hydrogen) atoms. The second-order valence-electron chi connectivity index (χ2n) is 4.81. The van der Waals surface area contributed by atoms with Crippen molar-refractivity contribution in [1.82, 2.24) is 0 Å². The maximum atomic E-state index is 11.4.